The molecule has 0 bridgehead atoms. The van der Waals surface area contributed by atoms with Crippen molar-refractivity contribution in [3.8, 4) is 11.4 Å². The Morgan fingerprint density at radius 2 is 2.24 bits per heavy atom. The largest absolute Gasteiger partial charge is 0.383 e. The molecule has 0 saturated carbocycles. The number of benzene rings is 1. The predicted octanol–water partition coefficient (Wildman–Crippen LogP) is 1.10. The summed E-state index contributed by atoms with van der Waals surface area (Å²) in [5.74, 6) is 0.0468. The molecule has 0 aliphatic heterocycles. The molecule has 0 fully saturated rings. The zero-order valence-electron chi connectivity index (χ0n) is 11.3. The molecule has 8 nitrogen and oxygen atoms in total. The maximum Gasteiger partial charge on any atom is 0.280 e. The van der Waals surface area contributed by atoms with Gasteiger partial charge < -0.3 is 15.0 Å². The molecular formula is C12H14FN5O3. The molecule has 2 aromatic rings. The van der Waals surface area contributed by atoms with Gasteiger partial charge in [-0.05, 0) is 12.1 Å². The first-order chi connectivity index (χ1) is 10.1. The summed E-state index contributed by atoms with van der Waals surface area (Å²) in [6.07, 6.45) is 0. The number of methoxy groups -OCH3 is 1. The molecule has 0 spiro atoms. The van der Waals surface area contributed by atoms with Crippen LogP contribution in [-0.2, 0) is 17.8 Å². The summed E-state index contributed by atoms with van der Waals surface area (Å²) in [5.41, 5.74) is 5.38. The minimum absolute atomic E-state index is 0.0586. The molecule has 0 radical (unpaired) electrons. The molecule has 0 amide bonds. The van der Waals surface area contributed by atoms with Gasteiger partial charge in [0.2, 0.25) is 0 Å². The van der Waals surface area contributed by atoms with E-state index < -0.39 is 10.7 Å². The van der Waals surface area contributed by atoms with Gasteiger partial charge in [-0.2, -0.15) is 0 Å². The maximum absolute atomic E-state index is 13.4. The van der Waals surface area contributed by atoms with Gasteiger partial charge in [0, 0.05) is 19.7 Å². The van der Waals surface area contributed by atoms with Crippen molar-refractivity contribution >= 4 is 5.69 Å². The third-order valence-corrected chi connectivity index (χ3v) is 2.93. The Morgan fingerprint density at radius 1 is 1.48 bits per heavy atom. The van der Waals surface area contributed by atoms with Gasteiger partial charge in [-0.3, -0.25) is 10.1 Å². The van der Waals surface area contributed by atoms with Crippen LogP contribution < -0.4 is 5.73 Å². The quantitative estimate of drug-likeness (QED) is 0.631. The van der Waals surface area contributed by atoms with E-state index in [-0.39, 0.29) is 23.6 Å². The van der Waals surface area contributed by atoms with E-state index in [0.29, 0.717) is 19.0 Å². The fourth-order valence-corrected chi connectivity index (χ4v) is 1.95. The lowest BCUT2D eigenvalue weighted by Crippen LogP contribution is -2.13. The van der Waals surface area contributed by atoms with Crippen molar-refractivity contribution in [2.45, 2.75) is 13.1 Å². The summed E-state index contributed by atoms with van der Waals surface area (Å²) in [6.45, 7) is 0.819. The van der Waals surface area contributed by atoms with Crippen LogP contribution in [0.5, 0.6) is 0 Å². The van der Waals surface area contributed by atoms with Gasteiger partial charge in [-0.1, -0.05) is 0 Å². The molecule has 0 saturated heterocycles. The minimum Gasteiger partial charge on any atom is -0.383 e. The number of hydrogen-bond donors (Lipinski definition) is 1. The molecule has 1 aromatic carbocycles. The molecule has 0 aliphatic carbocycles. The van der Waals surface area contributed by atoms with Crippen molar-refractivity contribution in [2.24, 2.45) is 5.73 Å². The zero-order chi connectivity index (χ0) is 15.4. The zero-order valence-corrected chi connectivity index (χ0v) is 11.3. The van der Waals surface area contributed by atoms with Gasteiger partial charge in [-0.25, -0.2) is 4.39 Å². The molecule has 2 rings (SSSR count). The standard InChI is InChI=1S/C12H14FN5O3/c1-21-5-4-17-11(7-14)15-16-12(17)9-6-8(13)2-3-10(9)18(19)20/h2-3,6H,4-5,7,14H2,1H3. The van der Waals surface area contributed by atoms with Crippen molar-refractivity contribution < 1.29 is 14.1 Å². The molecule has 1 heterocycles. The average Bonchev–Trinajstić information content (AvgIpc) is 2.87. The predicted molar refractivity (Wildman–Crippen MR) is 71.8 cm³/mol. The van der Waals surface area contributed by atoms with E-state index in [1.54, 1.807) is 4.57 Å². The van der Waals surface area contributed by atoms with Gasteiger partial charge in [0.15, 0.2) is 5.82 Å². The second-order valence-electron chi connectivity index (χ2n) is 4.21. The van der Waals surface area contributed by atoms with Crippen LogP contribution in [0.15, 0.2) is 18.2 Å². The minimum atomic E-state index is -0.591. The van der Waals surface area contributed by atoms with E-state index in [1.807, 2.05) is 0 Å². The summed E-state index contributed by atoms with van der Waals surface area (Å²) >= 11 is 0. The van der Waals surface area contributed by atoms with Crippen LogP contribution in [0.4, 0.5) is 10.1 Å². The Balaban J connectivity index is 2.58. The van der Waals surface area contributed by atoms with E-state index in [2.05, 4.69) is 10.2 Å². The van der Waals surface area contributed by atoms with Crippen LogP contribution in [0.1, 0.15) is 5.82 Å². The number of nitrogens with zero attached hydrogens (tertiary/aromatic N) is 4. The van der Waals surface area contributed by atoms with Gasteiger partial charge >= 0.3 is 0 Å². The van der Waals surface area contributed by atoms with Crippen LogP contribution >= 0.6 is 0 Å². The van der Waals surface area contributed by atoms with Crippen LogP contribution in [-0.4, -0.2) is 33.4 Å². The van der Waals surface area contributed by atoms with Gasteiger partial charge in [0.05, 0.1) is 23.6 Å². The lowest BCUT2D eigenvalue weighted by molar-refractivity contribution is -0.384. The summed E-state index contributed by atoms with van der Waals surface area (Å²) in [4.78, 5) is 10.5. The van der Waals surface area contributed by atoms with Gasteiger partial charge in [-0.15, -0.1) is 10.2 Å². The monoisotopic (exact) mass is 295 g/mol. The number of rotatable bonds is 6. The number of nitrogens with two attached hydrogens (primary N) is 1. The van der Waals surface area contributed by atoms with Crippen molar-refractivity contribution in [1.82, 2.24) is 14.8 Å². The molecule has 112 valence electrons. The number of aromatic nitrogens is 3. The van der Waals surface area contributed by atoms with Gasteiger partial charge in [0.1, 0.15) is 11.6 Å². The molecule has 0 aliphatic rings. The molecule has 1 aromatic heterocycles. The van der Waals surface area contributed by atoms with Crippen LogP contribution in [0, 0.1) is 15.9 Å². The Labute approximate surface area is 119 Å². The van der Waals surface area contributed by atoms with E-state index in [1.165, 1.54) is 7.11 Å². The first-order valence-corrected chi connectivity index (χ1v) is 6.14. The summed E-state index contributed by atoms with van der Waals surface area (Å²) < 4.78 is 20.0. The fraction of sp³-hybridized carbons (Fsp3) is 0.333. The number of ether oxygens (including phenoxy) is 1. The average molecular weight is 295 g/mol. The molecule has 0 atom stereocenters. The molecule has 9 heteroatoms. The van der Waals surface area contributed by atoms with E-state index >= 15 is 0 Å². The van der Waals surface area contributed by atoms with Crippen molar-refractivity contribution in [2.75, 3.05) is 13.7 Å². The Bertz CT molecular complexity index is 658. The van der Waals surface area contributed by atoms with Crippen LogP contribution in [0.25, 0.3) is 11.4 Å². The molecule has 0 unspecified atom stereocenters. The highest BCUT2D eigenvalue weighted by Crippen LogP contribution is 2.29. The first kappa shape index (κ1) is 15.0. The third kappa shape index (κ3) is 3.03. The smallest absolute Gasteiger partial charge is 0.280 e. The molecule has 2 N–H and O–H groups in total. The first-order valence-electron chi connectivity index (χ1n) is 6.14. The summed E-state index contributed by atoms with van der Waals surface area (Å²) in [7, 11) is 1.52. The van der Waals surface area contributed by atoms with E-state index in [9.17, 15) is 14.5 Å². The van der Waals surface area contributed by atoms with E-state index in [0.717, 1.165) is 18.2 Å². The van der Waals surface area contributed by atoms with E-state index in [4.69, 9.17) is 10.5 Å². The molecular weight excluding hydrogens is 281 g/mol. The lowest BCUT2D eigenvalue weighted by Gasteiger charge is -2.09. The summed E-state index contributed by atoms with van der Waals surface area (Å²) in [6, 6.07) is 3.19. The second kappa shape index (κ2) is 6.37. The van der Waals surface area contributed by atoms with Gasteiger partial charge in [0.25, 0.3) is 5.69 Å². The number of halogens is 1. The lowest BCUT2D eigenvalue weighted by atomic mass is 10.1. The topological polar surface area (TPSA) is 109 Å². The summed E-state index contributed by atoms with van der Waals surface area (Å²) in [5, 5.41) is 18.9. The Morgan fingerprint density at radius 3 is 2.86 bits per heavy atom. The Hall–Kier alpha value is -2.39. The van der Waals surface area contributed by atoms with Crippen molar-refractivity contribution in [3.63, 3.8) is 0 Å². The molecule has 21 heavy (non-hydrogen) atoms. The highest BCUT2D eigenvalue weighted by molar-refractivity contribution is 5.68. The van der Waals surface area contributed by atoms with Crippen molar-refractivity contribution in [3.05, 3.63) is 40.0 Å². The highest BCUT2D eigenvalue weighted by atomic mass is 19.1. The second-order valence-corrected chi connectivity index (χ2v) is 4.21. The maximum atomic E-state index is 13.4. The third-order valence-electron chi connectivity index (χ3n) is 2.93. The normalized spacial score (nSPS) is 10.8. The van der Waals surface area contributed by atoms with Crippen LogP contribution in [0.2, 0.25) is 0 Å². The number of nitro groups is 1. The number of hydrogen-bond acceptors (Lipinski definition) is 6. The Kier molecular flexibility index (Phi) is 4.55. The SMILES string of the molecule is COCCn1c(CN)nnc1-c1cc(F)ccc1[N+](=O)[O-]. The number of nitro benzene ring substituents is 1. The fourth-order valence-electron chi connectivity index (χ4n) is 1.95. The highest BCUT2D eigenvalue weighted by Gasteiger charge is 2.22. The van der Waals surface area contributed by atoms with Crippen molar-refractivity contribution in [1.29, 1.82) is 0 Å². The van der Waals surface area contributed by atoms with Crippen LogP contribution in [0.3, 0.4) is 0 Å².